The number of non-ortho nitro benzene ring substituents is 1. The van der Waals surface area contributed by atoms with E-state index < -0.39 is 27.4 Å². The van der Waals surface area contributed by atoms with Crippen LogP contribution in [0.15, 0.2) is 83.8 Å². The molecule has 0 unspecified atom stereocenters. The Morgan fingerprint density at radius 1 is 1.00 bits per heavy atom. The van der Waals surface area contributed by atoms with E-state index in [9.17, 15) is 23.3 Å². The van der Waals surface area contributed by atoms with Gasteiger partial charge in [0.2, 0.25) is 5.91 Å². The molecule has 0 radical (unpaired) electrons. The minimum atomic E-state index is -4.17. The molecule has 0 saturated carbocycles. The third-order valence-corrected chi connectivity index (χ3v) is 6.08. The summed E-state index contributed by atoms with van der Waals surface area (Å²) in [5, 5.41) is 14.1. The van der Waals surface area contributed by atoms with Crippen LogP contribution in [0, 0.1) is 10.1 Å². The molecule has 30 heavy (non-hydrogen) atoms. The molecule has 3 aromatic rings. The van der Waals surface area contributed by atoms with Crippen molar-refractivity contribution in [2.45, 2.75) is 4.90 Å². The number of amides is 1. The summed E-state index contributed by atoms with van der Waals surface area (Å²) in [6, 6.07) is 19.0. The highest BCUT2D eigenvalue weighted by atomic mass is 35.5. The molecule has 0 spiro atoms. The van der Waals surface area contributed by atoms with Gasteiger partial charge in [-0.05, 0) is 36.4 Å². The lowest BCUT2D eigenvalue weighted by Crippen LogP contribution is -2.38. The highest BCUT2D eigenvalue weighted by molar-refractivity contribution is 7.92. The van der Waals surface area contributed by atoms with Crippen molar-refractivity contribution < 1.29 is 18.1 Å². The first-order chi connectivity index (χ1) is 14.3. The SMILES string of the molecule is O=C(CN(c1cccc([N+](=O)[O-])c1)S(=O)(=O)c1ccccc1)Nc1cccc(Cl)c1. The van der Waals surface area contributed by atoms with E-state index >= 15 is 0 Å². The number of nitro benzene ring substituents is 1. The van der Waals surface area contributed by atoms with E-state index in [1.54, 1.807) is 36.4 Å². The standard InChI is InChI=1S/C20H16ClN3O5S/c21-15-6-4-7-16(12-15)22-20(25)14-23(17-8-5-9-18(13-17)24(26)27)30(28,29)19-10-2-1-3-11-19/h1-13H,14H2,(H,22,25). The van der Waals surface area contributed by atoms with Gasteiger partial charge in [-0.3, -0.25) is 19.2 Å². The molecule has 0 fully saturated rings. The number of hydrogen-bond acceptors (Lipinski definition) is 5. The first-order valence-corrected chi connectivity index (χ1v) is 10.5. The molecule has 0 bridgehead atoms. The van der Waals surface area contributed by atoms with Gasteiger partial charge in [-0.15, -0.1) is 0 Å². The molecule has 3 aromatic carbocycles. The average Bonchev–Trinajstić information content (AvgIpc) is 2.72. The molecule has 1 amide bonds. The van der Waals surface area contributed by atoms with Crippen LogP contribution in [-0.4, -0.2) is 25.8 Å². The molecular formula is C20H16ClN3O5S. The third kappa shape index (κ3) is 4.94. The lowest BCUT2D eigenvalue weighted by atomic mass is 10.3. The summed E-state index contributed by atoms with van der Waals surface area (Å²) in [5.74, 6) is -0.636. The maximum absolute atomic E-state index is 13.2. The molecular weight excluding hydrogens is 430 g/mol. The molecule has 3 rings (SSSR count). The number of sulfonamides is 1. The average molecular weight is 446 g/mol. The van der Waals surface area contributed by atoms with Crippen LogP contribution in [0.1, 0.15) is 0 Å². The topological polar surface area (TPSA) is 110 Å². The smallest absolute Gasteiger partial charge is 0.271 e. The maximum Gasteiger partial charge on any atom is 0.271 e. The fraction of sp³-hybridized carbons (Fsp3) is 0.0500. The van der Waals surface area contributed by atoms with E-state index in [2.05, 4.69) is 5.32 Å². The van der Waals surface area contributed by atoms with Gasteiger partial charge in [0.1, 0.15) is 6.54 Å². The Hall–Kier alpha value is -3.43. The van der Waals surface area contributed by atoms with Gasteiger partial charge < -0.3 is 5.32 Å². The van der Waals surface area contributed by atoms with Crippen LogP contribution in [0.5, 0.6) is 0 Å². The van der Waals surface area contributed by atoms with Crippen LogP contribution in [0.25, 0.3) is 0 Å². The monoisotopic (exact) mass is 445 g/mol. The predicted octanol–water partition coefficient (Wildman–Crippen LogP) is 4.08. The van der Waals surface area contributed by atoms with Crippen LogP contribution >= 0.6 is 11.6 Å². The summed E-state index contributed by atoms with van der Waals surface area (Å²) in [5.41, 5.74) is 0.0916. The van der Waals surface area contributed by atoms with Crippen molar-refractivity contribution in [2.75, 3.05) is 16.2 Å². The number of halogens is 1. The minimum Gasteiger partial charge on any atom is -0.324 e. The number of rotatable bonds is 7. The van der Waals surface area contributed by atoms with Gasteiger partial charge in [-0.2, -0.15) is 0 Å². The van der Waals surface area contributed by atoms with Crippen molar-refractivity contribution in [3.8, 4) is 0 Å². The number of carbonyl (C=O) groups is 1. The highest BCUT2D eigenvalue weighted by Crippen LogP contribution is 2.27. The zero-order valence-corrected chi connectivity index (χ0v) is 17.0. The Morgan fingerprint density at radius 2 is 1.70 bits per heavy atom. The third-order valence-electron chi connectivity index (χ3n) is 4.06. The quantitative estimate of drug-likeness (QED) is 0.435. The van der Waals surface area contributed by atoms with Gasteiger partial charge in [0.25, 0.3) is 15.7 Å². The highest BCUT2D eigenvalue weighted by Gasteiger charge is 2.28. The van der Waals surface area contributed by atoms with Crippen molar-refractivity contribution in [1.29, 1.82) is 0 Å². The number of hydrogen-bond donors (Lipinski definition) is 1. The van der Waals surface area contributed by atoms with Crippen molar-refractivity contribution in [3.05, 3.63) is 94.0 Å². The summed E-state index contributed by atoms with van der Waals surface area (Å²) in [6.07, 6.45) is 0. The summed E-state index contributed by atoms with van der Waals surface area (Å²) < 4.78 is 27.3. The van der Waals surface area contributed by atoms with Crippen molar-refractivity contribution in [3.63, 3.8) is 0 Å². The van der Waals surface area contributed by atoms with Crippen LogP contribution in [0.4, 0.5) is 17.1 Å². The lowest BCUT2D eigenvalue weighted by molar-refractivity contribution is -0.384. The van der Waals surface area contributed by atoms with Crippen LogP contribution in [0.3, 0.4) is 0 Å². The minimum absolute atomic E-state index is 0.00528. The second-order valence-corrected chi connectivity index (χ2v) is 8.46. The number of anilines is 2. The van der Waals surface area contributed by atoms with Gasteiger partial charge >= 0.3 is 0 Å². The molecule has 8 nitrogen and oxygen atoms in total. The Balaban J connectivity index is 1.98. The van der Waals surface area contributed by atoms with Crippen LogP contribution in [0.2, 0.25) is 5.02 Å². The second kappa shape index (κ2) is 8.93. The Labute approximate surface area is 177 Å². The van der Waals surface area contributed by atoms with Crippen LogP contribution < -0.4 is 9.62 Å². The normalized spacial score (nSPS) is 11.0. The summed E-state index contributed by atoms with van der Waals surface area (Å²) in [6.45, 7) is -0.592. The first-order valence-electron chi connectivity index (χ1n) is 8.65. The van der Waals surface area contributed by atoms with Gasteiger partial charge in [0.05, 0.1) is 15.5 Å². The number of carbonyl (C=O) groups excluding carboxylic acids is 1. The number of nitrogens with zero attached hydrogens (tertiary/aromatic N) is 2. The fourth-order valence-electron chi connectivity index (χ4n) is 2.69. The van der Waals surface area contributed by atoms with Gasteiger partial charge in [-0.1, -0.05) is 41.9 Å². The number of benzene rings is 3. The molecule has 0 atom stereocenters. The molecule has 154 valence electrons. The Kier molecular flexibility index (Phi) is 6.34. The molecule has 0 aliphatic heterocycles. The molecule has 0 saturated heterocycles. The Bertz CT molecular complexity index is 1190. The zero-order valence-electron chi connectivity index (χ0n) is 15.4. The Morgan fingerprint density at radius 3 is 2.37 bits per heavy atom. The van der Waals surface area contributed by atoms with E-state index in [4.69, 9.17) is 11.6 Å². The van der Waals surface area contributed by atoms with Crippen molar-refractivity contribution in [2.24, 2.45) is 0 Å². The van der Waals surface area contributed by atoms with Crippen LogP contribution in [-0.2, 0) is 14.8 Å². The van der Waals surface area contributed by atoms with Crippen molar-refractivity contribution >= 4 is 44.6 Å². The fourth-order valence-corrected chi connectivity index (χ4v) is 4.32. The number of nitro groups is 1. The molecule has 1 N–H and O–H groups in total. The van der Waals surface area contributed by atoms with Gasteiger partial charge in [0, 0.05) is 22.8 Å². The van der Waals surface area contributed by atoms with E-state index in [0.717, 1.165) is 10.4 Å². The summed E-state index contributed by atoms with van der Waals surface area (Å²) in [7, 11) is -4.17. The van der Waals surface area contributed by atoms with E-state index in [1.165, 1.54) is 36.4 Å². The summed E-state index contributed by atoms with van der Waals surface area (Å²) in [4.78, 5) is 23.1. The van der Waals surface area contributed by atoms with Crippen molar-refractivity contribution in [1.82, 2.24) is 0 Å². The van der Waals surface area contributed by atoms with E-state index in [-0.39, 0.29) is 16.3 Å². The zero-order chi connectivity index (χ0) is 21.7. The molecule has 10 heteroatoms. The lowest BCUT2D eigenvalue weighted by Gasteiger charge is -2.24. The maximum atomic E-state index is 13.2. The second-order valence-electron chi connectivity index (χ2n) is 6.16. The van der Waals surface area contributed by atoms with E-state index in [1.807, 2.05) is 0 Å². The van der Waals surface area contributed by atoms with Gasteiger partial charge in [0.15, 0.2) is 0 Å². The predicted molar refractivity (Wildman–Crippen MR) is 114 cm³/mol. The first kappa shape index (κ1) is 21.3. The number of nitrogens with one attached hydrogen (secondary N) is 1. The largest absolute Gasteiger partial charge is 0.324 e. The molecule has 0 heterocycles. The molecule has 0 aromatic heterocycles. The molecule has 0 aliphatic rings. The van der Waals surface area contributed by atoms with E-state index in [0.29, 0.717) is 10.7 Å². The van der Waals surface area contributed by atoms with Gasteiger partial charge in [-0.25, -0.2) is 8.42 Å². The summed E-state index contributed by atoms with van der Waals surface area (Å²) >= 11 is 5.91. The molecule has 0 aliphatic carbocycles.